The number of fused-ring (bicyclic) bond motifs is 1. The molecule has 0 aromatic heterocycles. The Balaban J connectivity index is 1.60. The van der Waals surface area contributed by atoms with E-state index in [1.165, 1.54) is 12.1 Å². The molecule has 2 aromatic rings. The highest BCUT2D eigenvalue weighted by Crippen LogP contribution is 2.35. The standard InChI is InChI=1S/C22H16ClF4N3O4/c23-11-3-1-2-10(8-11)18(22(25,26)27)29-19(32)13-5-4-12-14(17(13)24)9-30(21(12)34)15-6-7-16(31)28-20(15)33/h1-5,8,15,18H,6-7,9H2,(H,29,32)(H,28,31,33)/t15?,18-/m1/s1. The molecule has 2 atom stereocenters. The maximum atomic E-state index is 15.2. The van der Waals surface area contributed by atoms with E-state index in [2.05, 4.69) is 5.32 Å². The highest BCUT2D eigenvalue weighted by molar-refractivity contribution is 6.30. The second kappa shape index (κ2) is 8.71. The van der Waals surface area contributed by atoms with Crippen molar-refractivity contribution >= 4 is 35.2 Å². The minimum Gasteiger partial charge on any atom is -0.337 e. The van der Waals surface area contributed by atoms with Gasteiger partial charge in [0.25, 0.3) is 11.8 Å². The molecule has 4 amide bonds. The van der Waals surface area contributed by atoms with Crippen molar-refractivity contribution in [2.24, 2.45) is 0 Å². The van der Waals surface area contributed by atoms with E-state index in [0.717, 1.165) is 29.2 Å². The zero-order valence-corrected chi connectivity index (χ0v) is 18.0. The van der Waals surface area contributed by atoms with Gasteiger partial charge in [0.1, 0.15) is 11.9 Å². The highest BCUT2D eigenvalue weighted by Gasteiger charge is 2.44. The molecule has 2 aromatic carbocycles. The normalized spacial score (nSPS) is 19.0. The summed E-state index contributed by atoms with van der Waals surface area (Å²) in [6, 6.07) is 3.40. The van der Waals surface area contributed by atoms with E-state index >= 15 is 4.39 Å². The Kier molecular flexibility index (Phi) is 6.07. The predicted octanol–water partition coefficient (Wildman–Crippen LogP) is 3.27. The minimum absolute atomic E-state index is 0.00496. The number of hydrogen-bond acceptors (Lipinski definition) is 4. The first-order valence-corrected chi connectivity index (χ1v) is 10.4. The molecule has 2 aliphatic rings. The first-order valence-electron chi connectivity index (χ1n) is 10.1. The monoisotopic (exact) mass is 497 g/mol. The average Bonchev–Trinajstić information content (AvgIpc) is 3.08. The fraction of sp³-hybridized carbons (Fsp3) is 0.273. The lowest BCUT2D eigenvalue weighted by atomic mass is 10.0. The first kappa shape index (κ1) is 23.7. The number of nitrogens with one attached hydrogen (secondary N) is 2. The van der Waals surface area contributed by atoms with E-state index in [4.69, 9.17) is 11.6 Å². The van der Waals surface area contributed by atoms with Crippen LogP contribution in [0.4, 0.5) is 17.6 Å². The lowest BCUT2D eigenvalue weighted by Gasteiger charge is -2.29. The van der Waals surface area contributed by atoms with Gasteiger partial charge >= 0.3 is 6.18 Å². The van der Waals surface area contributed by atoms with Crippen LogP contribution in [-0.4, -0.2) is 40.7 Å². The van der Waals surface area contributed by atoms with Gasteiger partial charge in [0, 0.05) is 22.6 Å². The Morgan fingerprint density at radius 1 is 1.18 bits per heavy atom. The van der Waals surface area contributed by atoms with Gasteiger partial charge < -0.3 is 10.2 Å². The van der Waals surface area contributed by atoms with E-state index in [9.17, 15) is 32.3 Å². The molecule has 1 fully saturated rings. The maximum absolute atomic E-state index is 15.2. The summed E-state index contributed by atoms with van der Waals surface area (Å²) in [4.78, 5) is 49.9. The van der Waals surface area contributed by atoms with Gasteiger partial charge in [-0.25, -0.2) is 4.39 Å². The predicted molar refractivity (Wildman–Crippen MR) is 110 cm³/mol. The van der Waals surface area contributed by atoms with Crippen LogP contribution in [0, 0.1) is 5.82 Å². The number of nitrogens with zero attached hydrogens (tertiary/aromatic N) is 1. The molecular weight excluding hydrogens is 482 g/mol. The quantitative estimate of drug-likeness (QED) is 0.500. The highest BCUT2D eigenvalue weighted by atomic mass is 35.5. The molecule has 12 heteroatoms. The second-order valence-corrected chi connectivity index (χ2v) is 8.29. The molecule has 0 bridgehead atoms. The lowest BCUT2D eigenvalue weighted by Crippen LogP contribution is -2.52. The van der Waals surface area contributed by atoms with Crippen LogP contribution in [0.15, 0.2) is 36.4 Å². The average molecular weight is 498 g/mol. The van der Waals surface area contributed by atoms with Crippen LogP contribution in [-0.2, 0) is 16.1 Å². The maximum Gasteiger partial charge on any atom is 0.412 e. The van der Waals surface area contributed by atoms with Gasteiger partial charge in [-0.15, -0.1) is 0 Å². The molecule has 1 saturated heterocycles. The van der Waals surface area contributed by atoms with Crippen molar-refractivity contribution in [1.82, 2.24) is 15.5 Å². The van der Waals surface area contributed by atoms with Crippen molar-refractivity contribution in [2.75, 3.05) is 0 Å². The van der Waals surface area contributed by atoms with Crippen molar-refractivity contribution in [2.45, 2.75) is 37.6 Å². The Morgan fingerprint density at radius 3 is 2.56 bits per heavy atom. The molecule has 178 valence electrons. The number of amides is 4. The Labute approximate surface area is 195 Å². The lowest BCUT2D eigenvalue weighted by molar-refractivity contribution is -0.155. The fourth-order valence-corrected chi connectivity index (χ4v) is 4.23. The zero-order chi connectivity index (χ0) is 24.8. The van der Waals surface area contributed by atoms with E-state index in [0.29, 0.717) is 0 Å². The van der Waals surface area contributed by atoms with Crippen LogP contribution in [0.2, 0.25) is 5.02 Å². The summed E-state index contributed by atoms with van der Waals surface area (Å²) >= 11 is 5.77. The summed E-state index contributed by atoms with van der Waals surface area (Å²) < 4.78 is 56.1. The summed E-state index contributed by atoms with van der Waals surface area (Å²) in [5.41, 5.74) is -1.35. The number of carbonyl (C=O) groups excluding carboxylic acids is 4. The van der Waals surface area contributed by atoms with E-state index in [1.807, 2.05) is 0 Å². The first-order chi connectivity index (χ1) is 16.0. The number of rotatable bonds is 4. The summed E-state index contributed by atoms with van der Waals surface area (Å²) in [7, 11) is 0. The van der Waals surface area contributed by atoms with Gasteiger partial charge in [0.2, 0.25) is 11.8 Å². The number of piperidine rings is 1. The van der Waals surface area contributed by atoms with Crippen LogP contribution in [0.3, 0.4) is 0 Å². The van der Waals surface area contributed by atoms with Crippen molar-refractivity contribution in [1.29, 1.82) is 0 Å². The van der Waals surface area contributed by atoms with Crippen LogP contribution in [0.1, 0.15) is 50.7 Å². The number of carbonyl (C=O) groups is 4. The molecular formula is C22H16ClF4N3O4. The molecule has 2 aliphatic heterocycles. The van der Waals surface area contributed by atoms with Crippen molar-refractivity contribution < 1.29 is 36.7 Å². The fourth-order valence-electron chi connectivity index (χ4n) is 4.03. The van der Waals surface area contributed by atoms with Crippen molar-refractivity contribution in [3.63, 3.8) is 0 Å². The zero-order valence-electron chi connectivity index (χ0n) is 17.2. The summed E-state index contributed by atoms with van der Waals surface area (Å²) in [5.74, 6) is -4.37. The number of halogens is 5. The van der Waals surface area contributed by atoms with Gasteiger partial charge in [-0.05, 0) is 36.2 Å². The van der Waals surface area contributed by atoms with Gasteiger partial charge in [0.05, 0.1) is 12.1 Å². The Morgan fingerprint density at radius 2 is 1.91 bits per heavy atom. The second-order valence-electron chi connectivity index (χ2n) is 7.86. The van der Waals surface area contributed by atoms with E-state index < -0.39 is 53.3 Å². The minimum atomic E-state index is -4.90. The summed E-state index contributed by atoms with van der Waals surface area (Å²) in [6.07, 6.45) is -4.85. The molecule has 0 aliphatic carbocycles. The van der Waals surface area contributed by atoms with Gasteiger partial charge in [-0.2, -0.15) is 13.2 Å². The summed E-state index contributed by atoms with van der Waals surface area (Å²) in [6.45, 7) is -0.371. The number of benzene rings is 2. The number of hydrogen-bond donors (Lipinski definition) is 2. The number of alkyl halides is 3. The SMILES string of the molecule is O=C1CCC(N2Cc3c(ccc(C(=O)N[C@H](c4cccc(Cl)c4)C(F)(F)F)c3F)C2=O)C(=O)N1. The molecule has 0 saturated carbocycles. The molecule has 7 nitrogen and oxygen atoms in total. The van der Waals surface area contributed by atoms with Gasteiger partial charge in [-0.3, -0.25) is 24.5 Å². The third-order valence-corrected chi connectivity index (χ3v) is 5.91. The van der Waals surface area contributed by atoms with Crippen molar-refractivity contribution in [3.05, 3.63) is 69.5 Å². The Bertz CT molecular complexity index is 1220. The van der Waals surface area contributed by atoms with Crippen molar-refractivity contribution in [3.8, 4) is 0 Å². The topological polar surface area (TPSA) is 95.6 Å². The van der Waals surface area contributed by atoms with Crippen LogP contribution < -0.4 is 10.6 Å². The molecule has 0 spiro atoms. The molecule has 1 unspecified atom stereocenters. The summed E-state index contributed by atoms with van der Waals surface area (Å²) in [5, 5.41) is 3.92. The largest absolute Gasteiger partial charge is 0.412 e. The number of imide groups is 1. The van der Waals surface area contributed by atoms with Gasteiger partial charge in [0.15, 0.2) is 6.04 Å². The van der Waals surface area contributed by atoms with Gasteiger partial charge in [-0.1, -0.05) is 23.7 Å². The molecule has 2 heterocycles. The van der Waals surface area contributed by atoms with Crippen LogP contribution >= 0.6 is 11.6 Å². The van der Waals surface area contributed by atoms with Crippen LogP contribution in [0.25, 0.3) is 0 Å². The smallest absolute Gasteiger partial charge is 0.337 e. The van der Waals surface area contributed by atoms with E-state index in [-0.39, 0.29) is 41.1 Å². The van der Waals surface area contributed by atoms with E-state index in [1.54, 1.807) is 5.32 Å². The third-order valence-electron chi connectivity index (χ3n) is 5.68. The molecule has 2 N–H and O–H groups in total. The van der Waals surface area contributed by atoms with Crippen LogP contribution in [0.5, 0.6) is 0 Å². The third kappa shape index (κ3) is 4.35. The molecule has 0 radical (unpaired) electrons. The molecule has 34 heavy (non-hydrogen) atoms. The molecule has 4 rings (SSSR count). The Hall–Kier alpha value is -3.47.